The van der Waals surface area contributed by atoms with Gasteiger partial charge in [-0.2, -0.15) is 0 Å². The Morgan fingerprint density at radius 2 is 1.78 bits per heavy atom. The Morgan fingerprint density at radius 1 is 1.17 bits per heavy atom. The molecule has 0 radical (unpaired) electrons. The smallest absolute Gasteiger partial charge is 0.240 e. The van der Waals surface area contributed by atoms with Crippen molar-refractivity contribution in [3.05, 3.63) is 29.8 Å². The van der Waals surface area contributed by atoms with E-state index < -0.39 is 10.0 Å². The number of hydrogen-bond donors (Lipinski definition) is 2. The first-order chi connectivity index (χ1) is 8.45. The highest BCUT2D eigenvalue weighted by Gasteiger charge is 2.12. The molecule has 1 aromatic rings. The number of aryl methyl sites for hydroxylation is 1. The first kappa shape index (κ1) is 14.7. The van der Waals surface area contributed by atoms with Crippen molar-refractivity contribution in [1.82, 2.24) is 10.0 Å². The van der Waals surface area contributed by atoms with Crippen LogP contribution < -0.4 is 10.0 Å². The maximum atomic E-state index is 11.8. The second-order valence-corrected chi connectivity index (χ2v) is 5.68. The summed E-state index contributed by atoms with van der Waals surface area (Å²) in [6, 6.07) is 6.60. The molecule has 18 heavy (non-hydrogen) atoms. The molecule has 0 saturated carbocycles. The maximum absolute atomic E-state index is 11.8. The summed E-state index contributed by atoms with van der Waals surface area (Å²) in [6.45, 7) is 4.11. The average molecular weight is 270 g/mol. The Morgan fingerprint density at radius 3 is 2.33 bits per heavy atom. The number of amides is 1. The normalized spacial score (nSPS) is 11.2. The van der Waals surface area contributed by atoms with Crippen LogP contribution in [0.15, 0.2) is 29.2 Å². The van der Waals surface area contributed by atoms with Gasteiger partial charge in [0, 0.05) is 19.5 Å². The van der Waals surface area contributed by atoms with Crippen LogP contribution in [0, 0.1) is 6.92 Å². The van der Waals surface area contributed by atoms with Gasteiger partial charge in [-0.05, 0) is 19.1 Å². The van der Waals surface area contributed by atoms with Crippen LogP contribution in [0.1, 0.15) is 18.9 Å². The Bertz CT molecular complexity index is 495. The second kappa shape index (κ2) is 6.51. The van der Waals surface area contributed by atoms with Crippen molar-refractivity contribution >= 4 is 15.9 Å². The summed E-state index contributed by atoms with van der Waals surface area (Å²) in [5.41, 5.74) is 1.00. The molecule has 0 fully saturated rings. The van der Waals surface area contributed by atoms with E-state index in [9.17, 15) is 13.2 Å². The molecule has 0 bridgehead atoms. The van der Waals surface area contributed by atoms with Gasteiger partial charge in [0.2, 0.25) is 15.9 Å². The van der Waals surface area contributed by atoms with Crippen LogP contribution in [0.4, 0.5) is 0 Å². The molecule has 0 aromatic heterocycles. The minimum Gasteiger partial charge on any atom is -0.355 e. The third-order valence-electron chi connectivity index (χ3n) is 2.39. The molecule has 6 heteroatoms. The molecule has 0 saturated heterocycles. The molecule has 0 aliphatic heterocycles. The highest BCUT2D eigenvalue weighted by molar-refractivity contribution is 7.89. The van der Waals surface area contributed by atoms with E-state index in [0.29, 0.717) is 6.42 Å². The van der Waals surface area contributed by atoms with E-state index in [1.807, 2.05) is 6.92 Å². The van der Waals surface area contributed by atoms with Gasteiger partial charge in [0.25, 0.3) is 0 Å². The van der Waals surface area contributed by atoms with Gasteiger partial charge >= 0.3 is 0 Å². The number of sulfonamides is 1. The van der Waals surface area contributed by atoms with Gasteiger partial charge in [0.15, 0.2) is 0 Å². The lowest BCUT2D eigenvalue weighted by atomic mass is 10.2. The van der Waals surface area contributed by atoms with E-state index >= 15 is 0 Å². The van der Waals surface area contributed by atoms with Crippen LogP contribution in [0.2, 0.25) is 0 Å². The maximum Gasteiger partial charge on any atom is 0.240 e. The third-order valence-corrected chi connectivity index (χ3v) is 3.87. The molecule has 1 rings (SSSR count). The molecule has 0 atom stereocenters. The van der Waals surface area contributed by atoms with Crippen LogP contribution in [-0.4, -0.2) is 27.4 Å². The lowest BCUT2D eigenvalue weighted by molar-refractivity contribution is -0.120. The molecule has 0 aliphatic rings. The quantitative estimate of drug-likeness (QED) is 0.751. The number of nitrogens with one attached hydrogen (secondary N) is 2. The van der Waals surface area contributed by atoms with Crippen molar-refractivity contribution in [3.63, 3.8) is 0 Å². The Labute approximate surface area is 108 Å². The van der Waals surface area contributed by atoms with E-state index in [2.05, 4.69) is 10.0 Å². The predicted molar refractivity (Wildman–Crippen MR) is 69.7 cm³/mol. The highest BCUT2D eigenvalue weighted by atomic mass is 32.2. The van der Waals surface area contributed by atoms with Gasteiger partial charge in [0.05, 0.1) is 4.90 Å². The third kappa shape index (κ3) is 4.46. The van der Waals surface area contributed by atoms with Crippen LogP contribution in [-0.2, 0) is 14.8 Å². The van der Waals surface area contributed by atoms with Crippen LogP contribution in [0.5, 0.6) is 0 Å². The molecule has 1 amide bonds. The Kier molecular flexibility index (Phi) is 5.30. The van der Waals surface area contributed by atoms with Gasteiger partial charge in [0.1, 0.15) is 0 Å². The van der Waals surface area contributed by atoms with Crippen molar-refractivity contribution in [3.8, 4) is 0 Å². The molecule has 0 spiro atoms. The number of benzene rings is 1. The number of hydrogen-bond acceptors (Lipinski definition) is 3. The monoisotopic (exact) mass is 270 g/mol. The Hall–Kier alpha value is -1.40. The fourth-order valence-corrected chi connectivity index (χ4v) is 2.34. The fraction of sp³-hybridized carbons (Fsp3) is 0.417. The van der Waals surface area contributed by atoms with Crippen LogP contribution in [0.25, 0.3) is 0 Å². The van der Waals surface area contributed by atoms with Gasteiger partial charge in [-0.15, -0.1) is 0 Å². The zero-order valence-corrected chi connectivity index (χ0v) is 11.4. The molecular weight excluding hydrogens is 252 g/mol. The first-order valence-corrected chi connectivity index (χ1v) is 7.27. The predicted octanol–water partition coefficient (Wildman–Crippen LogP) is 0.800. The molecule has 0 unspecified atom stereocenters. The van der Waals surface area contributed by atoms with Crippen molar-refractivity contribution in [2.45, 2.75) is 25.2 Å². The average Bonchev–Trinajstić information content (AvgIpc) is 2.35. The molecule has 0 aliphatic carbocycles. The summed E-state index contributed by atoms with van der Waals surface area (Å²) in [7, 11) is -3.48. The molecule has 2 N–H and O–H groups in total. The van der Waals surface area contributed by atoms with Gasteiger partial charge in [-0.1, -0.05) is 24.6 Å². The summed E-state index contributed by atoms with van der Waals surface area (Å²) in [6.07, 6.45) is 0.394. The van der Waals surface area contributed by atoms with Crippen molar-refractivity contribution < 1.29 is 13.2 Å². The zero-order valence-electron chi connectivity index (χ0n) is 10.6. The minimum atomic E-state index is -3.48. The lowest BCUT2D eigenvalue weighted by Crippen LogP contribution is -2.34. The summed E-state index contributed by atoms with van der Waals surface area (Å²) < 4.78 is 26.1. The van der Waals surface area contributed by atoms with Gasteiger partial charge in [-0.25, -0.2) is 13.1 Å². The molecule has 0 heterocycles. The van der Waals surface area contributed by atoms with Gasteiger partial charge < -0.3 is 5.32 Å². The summed E-state index contributed by atoms with van der Waals surface area (Å²) in [4.78, 5) is 11.2. The lowest BCUT2D eigenvalue weighted by Gasteiger charge is -2.07. The number of carbonyl (C=O) groups excluding carboxylic acids is 1. The van der Waals surface area contributed by atoms with Crippen LogP contribution >= 0.6 is 0 Å². The summed E-state index contributed by atoms with van der Waals surface area (Å²) in [5.74, 6) is -0.0930. The van der Waals surface area contributed by atoms with Crippen molar-refractivity contribution in [2.24, 2.45) is 0 Å². The SMILES string of the molecule is CCC(=O)NCCNS(=O)(=O)c1ccc(C)cc1. The minimum absolute atomic E-state index is 0.0930. The highest BCUT2D eigenvalue weighted by Crippen LogP contribution is 2.09. The van der Waals surface area contributed by atoms with E-state index in [4.69, 9.17) is 0 Å². The summed E-state index contributed by atoms with van der Waals surface area (Å²) >= 11 is 0. The number of carbonyl (C=O) groups is 1. The molecule has 1 aromatic carbocycles. The topological polar surface area (TPSA) is 75.3 Å². The van der Waals surface area contributed by atoms with Crippen molar-refractivity contribution in [2.75, 3.05) is 13.1 Å². The standard InChI is InChI=1S/C12H18N2O3S/c1-3-12(15)13-8-9-14-18(16,17)11-6-4-10(2)5-7-11/h4-7,14H,3,8-9H2,1-2H3,(H,13,15). The van der Waals surface area contributed by atoms with E-state index in [1.165, 1.54) is 0 Å². The Balaban J connectivity index is 2.50. The van der Waals surface area contributed by atoms with E-state index in [0.717, 1.165) is 5.56 Å². The second-order valence-electron chi connectivity index (χ2n) is 3.91. The fourth-order valence-electron chi connectivity index (χ4n) is 1.31. The summed E-state index contributed by atoms with van der Waals surface area (Å²) in [5, 5.41) is 2.60. The van der Waals surface area contributed by atoms with Crippen molar-refractivity contribution in [1.29, 1.82) is 0 Å². The molecule has 100 valence electrons. The first-order valence-electron chi connectivity index (χ1n) is 5.78. The van der Waals surface area contributed by atoms with Crippen LogP contribution in [0.3, 0.4) is 0 Å². The zero-order chi connectivity index (χ0) is 13.6. The largest absolute Gasteiger partial charge is 0.355 e. The molecule has 5 nitrogen and oxygen atoms in total. The van der Waals surface area contributed by atoms with E-state index in [1.54, 1.807) is 31.2 Å². The number of rotatable bonds is 6. The van der Waals surface area contributed by atoms with Gasteiger partial charge in [-0.3, -0.25) is 4.79 Å². The van der Waals surface area contributed by atoms with E-state index in [-0.39, 0.29) is 23.9 Å². The molecular formula is C12H18N2O3S.